The molecule has 0 heterocycles. The van der Waals surface area contributed by atoms with Gasteiger partial charge in [-0.25, -0.2) is 5.43 Å². The van der Waals surface area contributed by atoms with E-state index in [0.717, 1.165) is 4.47 Å². The van der Waals surface area contributed by atoms with E-state index in [1.165, 1.54) is 6.21 Å². The average molecular weight is 417 g/mol. The zero-order chi connectivity index (χ0) is 18.8. The minimum atomic E-state index is -0.391. The van der Waals surface area contributed by atoms with Crippen LogP contribution in [0.15, 0.2) is 52.0 Å². The summed E-state index contributed by atoms with van der Waals surface area (Å²) in [6.45, 7) is -0.0207. The predicted molar refractivity (Wildman–Crippen MR) is 103 cm³/mol. The van der Waals surface area contributed by atoms with Gasteiger partial charge in [0, 0.05) is 10.0 Å². The van der Waals surface area contributed by atoms with Gasteiger partial charge < -0.3 is 14.2 Å². The molecule has 0 unspecified atom stereocenters. The first-order valence-corrected chi connectivity index (χ1v) is 8.36. The molecule has 0 aliphatic carbocycles. The summed E-state index contributed by atoms with van der Waals surface area (Å²) in [5.41, 5.74) is 3.07. The molecule has 1 N–H and O–H groups in total. The number of hydrazone groups is 1. The number of carbonyl (C=O) groups is 1. The Morgan fingerprint density at radius 3 is 2.65 bits per heavy atom. The molecule has 2 aromatic carbocycles. The Labute approximate surface area is 160 Å². The van der Waals surface area contributed by atoms with Crippen molar-refractivity contribution >= 4 is 28.1 Å². The van der Waals surface area contributed by atoms with Crippen molar-refractivity contribution in [3.8, 4) is 29.6 Å². The maximum atomic E-state index is 11.8. The van der Waals surface area contributed by atoms with E-state index in [2.05, 4.69) is 32.4 Å². The van der Waals surface area contributed by atoms with E-state index >= 15 is 0 Å². The molecule has 2 aromatic rings. The summed E-state index contributed by atoms with van der Waals surface area (Å²) >= 11 is 3.37. The van der Waals surface area contributed by atoms with Crippen LogP contribution in [0.2, 0.25) is 0 Å². The molecule has 0 aliphatic heterocycles. The highest BCUT2D eigenvalue weighted by Crippen LogP contribution is 2.21. The number of benzene rings is 2. The van der Waals surface area contributed by atoms with E-state index in [1.54, 1.807) is 43.5 Å². The molecular formula is C19H17BrN2O4. The Balaban J connectivity index is 1.88. The van der Waals surface area contributed by atoms with E-state index in [1.807, 2.05) is 6.07 Å². The van der Waals surface area contributed by atoms with Gasteiger partial charge in [0.2, 0.25) is 0 Å². The van der Waals surface area contributed by atoms with Gasteiger partial charge in [-0.2, -0.15) is 5.10 Å². The van der Waals surface area contributed by atoms with Crippen LogP contribution in [0.4, 0.5) is 0 Å². The molecule has 1 amide bonds. The minimum absolute atomic E-state index is 0.143. The lowest BCUT2D eigenvalue weighted by Crippen LogP contribution is -2.24. The first-order chi connectivity index (χ1) is 12.6. The number of carbonyl (C=O) groups excluding carboxylic acids is 1. The van der Waals surface area contributed by atoms with Gasteiger partial charge in [-0.15, -0.1) is 6.42 Å². The normalized spacial score (nSPS) is 10.2. The summed E-state index contributed by atoms with van der Waals surface area (Å²) < 4.78 is 16.7. The third kappa shape index (κ3) is 6.15. The Morgan fingerprint density at radius 2 is 1.96 bits per heavy atom. The second-order valence-electron chi connectivity index (χ2n) is 4.93. The van der Waals surface area contributed by atoms with Crippen molar-refractivity contribution in [3.63, 3.8) is 0 Å². The average Bonchev–Trinajstić information content (AvgIpc) is 2.66. The maximum absolute atomic E-state index is 11.8. The van der Waals surface area contributed by atoms with Gasteiger partial charge in [-0.1, -0.05) is 21.9 Å². The quantitative estimate of drug-likeness (QED) is 0.408. The van der Waals surface area contributed by atoms with Gasteiger partial charge in [0.1, 0.15) is 23.9 Å². The van der Waals surface area contributed by atoms with Crippen LogP contribution in [-0.2, 0) is 4.79 Å². The standard InChI is InChI=1S/C19H17BrN2O4/c1-3-10-25-18-9-4-15(20)11-14(18)12-21-22-19(23)13-26-17-7-5-16(24-2)6-8-17/h1,4-9,11-12H,10,13H2,2H3,(H,22,23)/b21-12+. The molecule has 6 nitrogen and oxygen atoms in total. The number of halogens is 1. The van der Waals surface area contributed by atoms with Crippen LogP contribution < -0.4 is 19.6 Å². The largest absolute Gasteiger partial charge is 0.497 e. The summed E-state index contributed by atoms with van der Waals surface area (Å²) in [4.78, 5) is 11.8. The van der Waals surface area contributed by atoms with Crippen molar-refractivity contribution < 1.29 is 19.0 Å². The fourth-order valence-corrected chi connectivity index (χ4v) is 2.28. The Bertz CT molecular complexity index is 813. The lowest BCUT2D eigenvalue weighted by atomic mass is 10.2. The zero-order valence-electron chi connectivity index (χ0n) is 14.1. The molecular weight excluding hydrogens is 400 g/mol. The highest BCUT2D eigenvalue weighted by atomic mass is 79.9. The molecule has 0 radical (unpaired) electrons. The smallest absolute Gasteiger partial charge is 0.277 e. The minimum Gasteiger partial charge on any atom is -0.497 e. The Morgan fingerprint density at radius 1 is 1.23 bits per heavy atom. The number of methoxy groups -OCH3 is 1. The number of nitrogens with one attached hydrogen (secondary N) is 1. The summed E-state index contributed by atoms with van der Waals surface area (Å²) in [6.07, 6.45) is 6.67. The molecule has 0 spiro atoms. The van der Waals surface area contributed by atoms with Gasteiger partial charge in [0.15, 0.2) is 6.61 Å². The monoisotopic (exact) mass is 416 g/mol. The number of terminal acetylenes is 1. The molecule has 0 aromatic heterocycles. The molecule has 134 valence electrons. The second kappa shape index (κ2) is 10.1. The highest BCUT2D eigenvalue weighted by Gasteiger charge is 2.04. The third-order valence-corrected chi connectivity index (χ3v) is 3.60. The van der Waals surface area contributed by atoms with E-state index in [0.29, 0.717) is 22.8 Å². The zero-order valence-corrected chi connectivity index (χ0v) is 15.7. The van der Waals surface area contributed by atoms with Crippen LogP contribution in [0.5, 0.6) is 17.2 Å². The maximum Gasteiger partial charge on any atom is 0.277 e. The number of hydrogen-bond acceptors (Lipinski definition) is 5. The van der Waals surface area contributed by atoms with Gasteiger partial charge in [0.25, 0.3) is 5.91 Å². The summed E-state index contributed by atoms with van der Waals surface area (Å²) in [5, 5.41) is 3.91. The molecule has 0 saturated heterocycles. The fourth-order valence-electron chi connectivity index (χ4n) is 1.90. The summed E-state index contributed by atoms with van der Waals surface area (Å²) in [5.74, 6) is 3.85. The SMILES string of the molecule is C#CCOc1ccc(Br)cc1/C=N/NC(=O)COc1ccc(OC)cc1. The van der Waals surface area contributed by atoms with Gasteiger partial charge in [-0.3, -0.25) is 4.79 Å². The summed E-state index contributed by atoms with van der Waals surface area (Å²) in [6, 6.07) is 12.3. The molecule has 0 saturated carbocycles. The van der Waals surface area contributed by atoms with Crippen molar-refractivity contribution in [2.45, 2.75) is 0 Å². The second-order valence-corrected chi connectivity index (χ2v) is 5.85. The lowest BCUT2D eigenvalue weighted by molar-refractivity contribution is -0.123. The van der Waals surface area contributed by atoms with E-state index in [4.69, 9.17) is 20.6 Å². The van der Waals surface area contributed by atoms with Crippen LogP contribution in [0.3, 0.4) is 0 Å². The Kier molecular flexibility index (Phi) is 7.52. The van der Waals surface area contributed by atoms with Crippen molar-refractivity contribution in [2.24, 2.45) is 5.10 Å². The molecule has 26 heavy (non-hydrogen) atoms. The van der Waals surface area contributed by atoms with Crippen molar-refractivity contribution in [1.82, 2.24) is 5.43 Å². The first-order valence-electron chi connectivity index (χ1n) is 7.57. The number of ether oxygens (including phenoxy) is 3. The Hall–Kier alpha value is -2.98. The van der Waals surface area contributed by atoms with Crippen molar-refractivity contribution in [1.29, 1.82) is 0 Å². The van der Waals surface area contributed by atoms with E-state index in [-0.39, 0.29) is 13.2 Å². The van der Waals surface area contributed by atoms with E-state index in [9.17, 15) is 4.79 Å². The van der Waals surface area contributed by atoms with Crippen LogP contribution in [0.25, 0.3) is 0 Å². The van der Waals surface area contributed by atoms with Crippen LogP contribution >= 0.6 is 15.9 Å². The fraction of sp³-hybridized carbons (Fsp3) is 0.158. The van der Waals surface area contributed by atoms with E-state index < -0.39 is 5.91 Å². The van der Waals surface area contributed by atoms with Crippen LogP contribution in [0.1, 0.15) is 5.56 Å². The predicted octanol–water partition coefficient (Wildman–Crippen LogP) is 3.00. The molecule has 2 rings (SSSR count). The molecule has 7 heteroatoms. The highest BCUT2D eigenvalue weighted by molar-refractivity contribution is 9.10. The lowest BCUT2D eigenvalue weighted by Gasteiger charge is -2.07. The van der Waals surface area contributed by atoms with Crippen LogP contribution in [0, 0.1) is 12.3 Å². The molecule has 0 bridgehead atoms. The first kappa shape index (κ1) is 19.3. The van der Waals surface area contributed by atoms with Crippen molar-refractivity contribution in [2.75, 3.05) is 20.3 Å². The third-order valence-electron chi connectivity index (χ3n) is 3.11. The van der Waals surface area contributed by atoms with Gasteiger partial charge in [-0.05, 0) is 42.5 Å². The number of amides is 1. The number of hydrogen-bond donors (Lipinski definition) is 1. The number of nitrogens with zero attached hydrogens (tertiary/aromatic N) is 1. The van der Waals surface area contributed by atoms with Crippen LogP contribution in [-0.4, -0.2) is 32.4 Å². The number of rotatable bonds is 8. The molecule has 0 atom stereocenters. The van der Waals surface area contributed by atoms with Gasteiger partial charge in [0.05, 0.1) is 13.3 Å². The van der Waals surface area contributed by atoms with Crippen molar-refractivity contribution in [3.05, 3.63) is 52.5 Å². The summed E-state index contributed by atoms with van der Waals surface area (Å²) in [7, 11) is 1.58. The molecule has 0 fully saturated rings. The molecule has 0 aliphatic rings. The van der Waals surface area contributed by atoms with Gasteiger partial charge >= 0.3 is 0 Å². The topological polar surface area (TPSA) is 69.2 Å².